The summed E-state index contributed by atoms with van der Waals surface area (Å²) in [4.78, 5) is 13.4. The van der Waals surface area contributed by atoms with Gasteiger partial charge in [-0.15, -0.1) is 0 Å². The second kappa shape index (κ2) is 6.22. The first-order valence-corrected chi connectivity index (χ1v) is 8.21. The molecule has 0 spiro atoms. The molecule has 1 aliphatic carbocycles. The maximum absolute atomic E-state index is 11.5. The highest BCUT2D eigenvalue weighted by Crippen LogP contribution is 2.37. The molecule has 1 saturated carbocycles. The highest BCUT2D eigenvalue weighted by molar-refractivity contribution is 5.73. The van der Waals surface area contributed by atoms with Crippen LogP contribution in [0.5, 0.6) is 0 Å². The van der Waals surface area contributed by atoms with E-state index < -0.39 is 0 Å². The second-order valence-electron chi connectivity index (χ2n) is 6.59. The summed E-state index contributed by atoms with van der Waals surface area (Å²) in [6, 6.07) is 4.86. The van der Waals surface area contributed by atoms with E-state index in [1.165, 1.54) is 25.7 Å². The zero-order valence-electron chi connectivity index (χ0n) is 13.1. The normalized spacial score (nSPS) is 24.7. The van der Waals surface area contributed by atoms with Gasteiger partial charge in [0.2, 0.25) is 5.91 Å². The van der Waals surface area contributed by atoms with E-state index in [0.717, 1.165) is 31.0 Å². The Morgan fingerprint density at radius 3 is 2.67 bits per heavy atom. The predicted molar refractivity (Wildman–Crippen MR) is 81.9 cm³/mol. The van der Waals surface area contributed by atoms with Gasteiger partial charge in [-0.2, -0.15) is 0 Å². The zero-order valence-corrected chi connectivity index (χ0v) is 13.1. The summed E-state index contributed by atoms with van der Waals surface area (Å²) in [6.45, 7) is 5.37. The number of likely N-dealkylation sites (tertiary alicyclic amines) is 1. The maximum Gasteiger partial charge on any atom is 0.219 e. The molecule has 4 heteroatoms. The van der Waals surface area contributed by atoms with E-state index in [9.17, 15) is 4.79 Å². The summed E-state index contributed by atoms with van der Waals surface area (Å²) in [7, 11) is 0. The lowest BCUT2D eigenvalue weighted by molar-refractivity contribution is -0.127. The van der Waals surface area contributed by atoms with Crippen molar-refractivity contribution in [2.24, 2.45) is 5.92 Å². The fourth-order valence-corrected chi connectivity index (χ4v) is 3.80. The topological polar surface area (TPSA) is 45.5 Å². The molecule has 1 aromatic rings. The maximum atomic E-state index is 11.5. The zero-order chi connectivity index (χ0) is 14.8. The Morgan fingerprint density at radius 1 is 1.33 bits per heavy atom. The molecule has 2 atom stereocenters. The minimum Gasteiger partial charge on any atom is -0.465 e. The van der Waals surface area contributed by atoms with Crippen molar-refractivity contribution in [2.45, 2.75) is 58.0 Å². The van der Waals surface area contributed by atoms with Crippen LogP contribution in [-0.2, 0) is 4.79 Å². The number of carbonyl (C=O) groups excluding carboxylic acids is 1. The van der Waals surface area contributed by atoms with E-state index in [4.69, 9.17) is 4.42 Å². The van der Waals surface area contributed by atoms with Crippen molar-refractivity contribution in [3.05, 3.63) is 23.7 Å². The number of carbonyl (C=O) groups is 1. The smallest absolute Gasteiger partial charge is 0.219 e. The third kappa shape index (κ3) is 3.31. The van der Waals surface area contributed by atoms with Crippen molar-refractivity contribution < 1.29 is 9.21 Å². The van der Waals surface area contributed by atoms with Crippen molar-refractivity contribution >= 4 is 5.91 Å². The van der Waals surface area contributed by atoms with Crippen LogP contribution >= 0.6 is 0 Å². The van der Waals surface area contributed by atoms with Gasteiger partial charge in [0.05, 0.1) is 6.04 Å². The summed E-state index contributed by atoms with van der Waals surface area (Å²) in [5.41, 5.74) is 0. The van der Waals surface area contributed by atoms with Crippen LogP contribution in [0.15, 0.2) is 16.5 Å². The average Bonchev–Trinajstić information content (AvgIpc) is 3.17. The molecule has 0 radical (unpaired) electrons. The van der Waals surface area contributed by atoms with Gasteiger partial charge in [-0.05, 0) is 44.2 Å². The quantitative estimate of drug-likeness (QED) is 0.927. The third-order valence-corrected chi connectivity index (χ3v) is 4.99. The van der Waals surface area contributed by atoms with Crippen molar-refractivity contribution in [3.63, 3.8) is 0 Å². The largest absolute Gasteiger partial charge is 0.465 e. The van der Waals surface area contributed by atoms with Crippen LogP contribution in [0, 0.1) is 12.8 Å². The fraction of sp³-hybridized carbons (Fsp3) is 0.706. The Labute approximate surface area is 126 Å². The van der Waals surface area contributed by atoms with Gasteiger partial charge in [-0.25, -0.2) is 0 Å². The molecule has 4 nitrogen and oxygen atoms in total. The Morgan fingerprint density at radius 2 is 2.10 bits per heavy atom. The minimum atomic E-state index is 0.186. The molecule has 0 aromatic carbocycles. The standard InChI is InChI=1S/C17H26N2O2/c1-12-7-8-16(21-12)17(14-5-3-4-6-14)18-15-9-10-19(11-15)13(2)20/h7-8,14-15,17-18H,3-6,9-11H2,1-2H3/t15-,17+/m1/s1. The molecule has 1 aliphatic heterocycles. The highest BCUT2D eigenvalue weighted by Gasteiger charge is 2.33. The third-order valence-electron chi connectivity index (χ3n) is 4.99. The Hall–Kier alpha value is -1.29. The van der Waals surface area contributed by atoms with Crippen molar-refractivity contribution in [3.8, 4) is 0 Å². The molecule has 1 amide bonds. The van der Waals surface area contributed by atoms with Gasteiger partial charge in [0.25, 0.3) is 0 Å². The van der Waals surface area contributed by atoms with E-state index in [1.807, 2.05) is 11.8 Å². The number of rotatable bonds is 4. The minimum absolute atomic E-state index is 0.186. The molecule has 0 bridgehead atoms. The lowest BCUT2D eigenvalue weighted by Crippen LogP contribution is -2.38. The van der Waals surface area contributed by atoms with Crippen LogP contribution < -0.4 is 5.32 Å². The SMILES string of the molecule is CC(=O)N1CC[C@@H](N[C@H](c2ccc(C)o2)C2CCCC2)C1. The van der Waals surface area contributed by atoms with Gasteiger partial charge >= 0.3 is 0 Å². The number of amides is 1. The summed E-state index contributed by atoms with van der Waals surface area (Å²) in [5, 5.41) is 3.78. The van der Waals surface area contributed by atoms with Crippen molar-refractivity contribution in [2.75, 3.05) is 13.1 Å². The number of nitrogens with zero attached hydrogens (tertiary/aromatic N) is 1. The molecular weight excluding hydrogens is 264 g/mol. The lowest BCUT2D eigenvalue weighted by Gasteiger charge is -2.26. The summed E-state index contributed by atoms with van der Waals surface area (Å²) in [5.74, 6) is 2.90. The number of aryl methyl sites for hydroxylation is 1. The van der Waals surface area contributed by atoms with Crippen molar-refractivity contribution in [1.29, 1.82) is 0 Å². The fourth-order valence-electron chi connectivity index (χ4n) is 3.80. The first-order valence-electron chi connectivity index (χ1n) is 8.21. The lowest BCUT2D eigenvalue weighted by atomic mass is 9.95. The predicted octanol–water partition coefficient (Wildman–Crippen LogP) is 3.03. The number of furan rings is 1. The molecule has 2 heterocycles. The summed E-state index contributed by atoms with van der Waals surface area (Å²) >= 11 is 0. The van der Waals surface area contributed by atoms with Crippen LogP contribution in [0.2, 0.25) is 0 Å². The summed E-state index contributed by atoms with van der Waals surface area (Å²) < 4.78 is 5.90. The van der Waals surface area contributed by atoms with E-state index in [1.54, 1.807) is 6.92 Å². The van der Waals surface area contributed by atoms with Crippen LogP contribution in [-0.4, -0.2) is 29.9 Å². The van der Waals surface area contributed by atoms with Gasteiger partial charge < -0.3 is 14.6 Å². The van der Waals surface area contributed by atoms with Gasteiger partial charge in [-0.1, -0.05) is 12.8 Å². The van der Waals surface area contributed by atoms with E-state index in [-0.39, 0.29) is 5.91 Å². The van der Waals surface area contributed by atoms with Crippen LogP contribution in [0.3, 0.4) is 0 Å². The number of hydrogen-bond acceptors (Lipinski definition) is 3. The average molecular weight is 290 g/mol. The molecule has 2 aliphatic rings. The molecule has 116 valence electrons. The molecule has 1 saturated heterocycles. The van der Waals surface area contributed by atoms with Gasteiger partial charge in [0.1, 0.15) is 11.5 Å². The number of nitrogens with one attached hydrogen (secondary N) is 1. The first-order chi connectivity index (χ1) is 10.1. The van der Waals surface area contributed by atoms with Crippen LogP contribution in [0.4, 0.5) is 0 Å². The molecule has 1 N–H and O–H groups in total. The van der Waals surface area contributed by atoms with E-state index >= 15 is 0 Å². The Kier molecular flexibility index (Phi) is 4.34. The molecule has 21 heavy (non-hydrogen) atoms. The molecule has 2 fully saturated rings. The highest BCUT2D eigenvalue weighted by atomic mass is 16.3. The van der Waals surface area contributed by atoms with Gasteiger partial charge in [0.15, 0.2) is 0 Å². The van der Waals surface area contributed by atoms with E-state index in [2.05, 4.69) is 17.4 Å². The summed E-state index contributed by atoms with van der Waals surface area (Å²) in [6.07, 6.45) is 6.25. The Balaban J connectivity index is 1.69. The molecule has 1 aromatic heterocycles. The number of hydrogen-bond donors (Lipinski definition) is 1. The first kappa shape index (κ1) is 14.6. The molecule has 3 rings (SSSR count). The van der Waals surface area contributed by atoms with Crippen LogP contribution in [0.1, 0.15) is 56.6 Å². The van der Waals surface area contributed by atoms with Crippen molar-refractivity contribution in [1.82, 2.24) is 10.2 Å². The monoisotopic (exact) mass is 290 g/mol. The van der Waals surface area contributed by atoms with E-state index in [0.29, 0.717) is 18.0 Å². The Bertz CT molecular complexity index is 491. The van der Waals surface area contributed by atoms with Gasteiger partial charge in [-0.3, -0.25) is 4.79 Å². The molecule has 0 unspecified atom stereocenters. The second-order valence-corrected chi connectivity index (χ2v) is 6.59. The van der Waals surface area contributed by atoms with Gasteiger partial charge in [0, 0.05) is 26.1 Å². The molecular formula is C17H26N2O2. The van der Waals surface area contributed by atoms with Crippen LogP contribution in [0.25, 0.3) is 0 Å².